The number of hydrogen-bond acceptors (Lipinski definition) is 5. The zero-order valence-corrected chi connectivity index (χ0v) is 19.5. The number of benzene rings is 3. The molecule has 3 aromatic carbocycles. The molecule has 3 aromatic rings. The van der Waals surface area contributed by atoms with Gasteiger partial charge in [0.1, 0.15) is 5.84 Å². The summed E-state index contributed by atoms with van der Waals surface area (Å²) < 4.78 is 23.8. The molecular weight excluding hydrogens is 450 g/mol. The Bertz CT molecular complexity index is 1310. The van der Waals surface area contributed by atoms with Crippen LogP contribution in [0.5, 0.6) is 0 Å². The number of nitrogens with two attached hydrogens (primary N) is 2. The van der Waals surface area contributed by atoms with Crippen molar-refractivity contribution in [3.63, 3.8) is 0 Å². The summed E-state index contributed by atoms with van der Waals surface area (Å²) >= 11 is 0. The van der Waals surface area contributed by atoms with E-state index < -0.39 is 10.0 Å². The van der Waals surface area contributed by atoms with Gasteiger partial charge in [0.2, 0.25) is 15.9 Å². The third-order valence-corrected chi connectivity index (χ3v) is 6.87. The van der Waals surface area contributed by atoms with Crippen molar-refractivity contribution in [1.29, 1.82) is 5.41 Å². The van der Waals surface area contributed by atoms with Gasteiger partial charge in [-0.05, 0) is 22.8 Å². The van der Waals surface area contributed by atoms with Crippen molar-refractivity contribution in [3.8, 4) is 11.1 Å². The number of carbonyl (C=O) groups is 1. The molecule has 1 amide bonds. The second-order valence-corrected chi connectivity index (χ2v) is 9.90. The zero-order valence-electron chi connectivity index (χ0n) is 18.6. The van der Waals surface area contributed by atoms with Crippen LogP contribution >= 0.6 is 0 Å². The van der Waals surface area contributed by atoms with Crippen molar-refractivity contribution in [2.45, 2.75) is 18.0 Å². The number of primary sulfonamides is 1. The first-order chi connectivity index (χ1) is 16.2. The normalized spacial score (nSPS) is 14.9. The van der Waals surface area contributed by atoms with Crippen LogP contribution in [-0.4, -0.2) is 49.6 Å². The topological polar surface area (TPSA) is 134 Å². The number of amidine groups is 1. The summed E-state index contributed by atoms with van der Waals surface area (Å²) in [7, 11) is -3.82. The number of nitrogen functional groups attached to an aromatic ring is 1. The van der Waals surface area contributed by atoms with E-state index in [4.69, 9.17) is 16.3 Å². The smallest absolute Gasteiger partial charge is 0.238 e. The fourth-order valence-corrected chi connectivity index (χ4v) is 4.83. The maximum atomic E-state index is 12.7. The van der Waals surface area contributed by atoms with Gasteiger partial charge in [-0.15, -0.1) is 0 Å². The summed E-state index contributed by atoms with van der Waals surface area (Å²) in [6.07, 6.45) is 0. The highest BCUT2D eigenvalue weighted by molar-refractivity contribution is 7.89. The second-order valence-electron chi connectivity index (χ2n) is 8.37. The lowest BCUT2D eigenvalue weighted by Crippen LogP contribution is -2.49. The number of carbonyl (C=O) groups excluding carboxylic acids is 1. The second kappa shape index (κ2) is 9.76. The van der Waals surface area contributed by atoms with E-state index >= 15 is 0 Å². The quantitative estimate of drug-likeness (QED) is 0.354. The minimum absolute atomic E-state index is 0.0258. The Morgan fingerprint density at radius 2 is 1.50 bits per heavy atom. The zero-order chi connectivity index (χ0) is 24.3. The van der Waals surface area contributed by atoms with Gasteiger partial charge in [-0.2, -0.15) is 0 Å². The highest BCUT2D eigenvalue weighted by atomic mass is 32.2. The van der Waals surface area contributed by atoms with Crippen LogP contribution in [0.15, 0.2) is 77.7 Å². The number of nitrogens with one attached hydrogen (secondary N) is 1. The summed E-state index contributed by atoms with van der Waals surface area (Å²) in [5, 5.41) is 12.8. The molecule has 1 aliphatic heterocycles. The van der Waals surface area contributed by atoms with Gasteiger partial charge in [0, 0.05) is 37.3 Å². The van der Waals surface area contributed by atoms with Crippen LogP contribution in [0.25, 0.3) is 11.1 Å². The highest BCUT2D eigenvalue weighted by Crippen LogP contribution is 2.27. The summed E-state index contributed by atoms with van der Waals surface area (Å²) in [6, 6.07) is 21.7. The Balaban J connectivity index is 1.37. The first kappa shape index (κ1) is 23.6. The molecule has 4 rings (SSSR count). The molecular formula is C25H27N5O3S. The van der Waals surface area contributed by atoms with Crippen LogP contribution in [-0.2, 0) is 27.9 Å². The van der Waals surface area contributed by atoms with Gasteiger partial charge >= 0.3 is 0 Å². The Kier molecular flexibility index (Phi) is 6.78. The first-order valence-corrected chi connectivity index (χ1v) is 12.4. The molecule has 0 unspecified atom stereocenters. The van der Waals surface area contributed by atoms with Crippen molar-refractivity contribution in [2.75, 3.05) is 19.6 Å². The monoisotopic (exact) mass is 477 g/mol. The summed E-state index contributed by atoms with van der Waals surface area (Å²) in [6.45, 7) is 2.88. The molecule has 34 heavy (non-hydrogen) atoms. The van der Waals surface area contributed by atoms with E-state index in [0.29, 0.717) is 37.3 Å². The number of sulfonamides is 1. The molecule has 5 N–H and O–H groups in total. The van der Waals surface area contributed by atoms with Crippen molar-refractivity contribution in [1.82, 2.24) is 9.80 Å². The SMILES string of the molecule is N=C(N)c1ccc(CN2CCN(Cc3ccc(-c4ccccc4S(N)(=O)=O)cc3)CC2=O)cc1. The van der Waals surface area contributed by atoms with E-state index in [1.165, 1.54) is 6.07 Å². The third-order valence-electron chi connectivity index (χ3n) is 5.90. The molecule has 0 saturated carbocycles. The van der Waals surface area contributed by atoms with E-state index in [1.807, 2.05) is 41.3 Å². The number of piperazine rings is 1. The third kappa shape index (κ3) is 5.51. The van der Waals surface area contributed by atoms with Crippen LogP contribution in [0.2, 0.25) is 0 Å². The molecule has 0 atom stereocenters. The minimum atomic E-state index is -3.82. The Labute approximate surface area is 199 Å². The number of hydrogen-bond donors (Lipinski definition) is 3. The molecule has 0 radical (unpaired) electrons. The summed E-state index contributed by atoms with van der Waals surface area (Å²) in [5.74, 6) is 0.0958. The molecule has 8 nitrogen and oxygen atoms in total. The lowest BCUT2D eigenvalue weighted by molar-refractivity contribution is -0.136. The predicted octanol–water partition coefficient (Wildman–Crippen LogP) is 2.13. The van der Waals surface area contributed by atoms with Crippen LogP contribution in [0, 0.1) is 5.41 Å². The van der Waals surface area contributed by atoms with Gasteiger partial charge < -0.3 is 10.6 Å². The largest absolute Gasteiger partial charge is 0.384 e. The maximum absolute atomic E-state index is 12.7. The van der Waals surface area contributed by atoms with E-state index in [0.717, 1.165) is 23.2 Å². The fraction of sp³-hybridized carbons (Fsp3) is 0.200. The Hall–Kier alpha value is -3.53. The van der Waals surface area contributed by atoms with Crippen molar-refractivity contribution in [3.05, 3.63) is 89.5 Å². The highest BCUT2D eigenvalue weighted by Gasteiger charge is 2.24. The van der Waals surface area contributed by atoms with Crippen molar-refractivity contribution < 1.29 is 13.2 Å². The average Bonchev–Trinajstić information content (AvgIpc) is 2.81. The summed E-state index contributed by atoms with van der Waals surface area (Å²) in [4.78, 5) is 16.7. The number of rotatable bonds is 7. The van der Waals surface area contributed by atoms with Gasteiger partial charge in [0.05, 0.1) is 11.4 Å². The van der Waals surface area contributed by atoms with Gasteiger partial charge in [0.15, 0.2) is 0 Å². The molecule has 0 aromatic heterocycles. The van der Waals surface area contributed by atoms with Crippen molar-refractivity contribution in [2.24, 2.45) is 10.9 Å². The van der Waals surface area contributed by atoms with Gasteiger partial charge in [-0.25, -0.2) is 13.6 Å². The molecule has 0 aliphatic carbocycles. The minimum Gasteiger partial charge on any atom is -0.384 e. The number of amides is 1. The van der Waals surface area contributed by atoms with E-state index in [1.54, 1.807) is 30.3 Å². The number of nitrogens with zero attached hydrogens (tertiary/aromatic N) is 2. The maximum Gasteiger partial charge on any atom is 0.238 e. The van der Waals surface area contributed by atoms with Crippen molar-refractivity contribution >= 4 is 21.8 Å². The molecule has 1 saturated heterocycles. The standard InChI is InChI=1S/C25H27N5O3S/c26-25(27)21-11-7-19(8-12-21)16-30-14-13-29(17-24(30)31)15-18-5-9-20(10-6-18)22-3-1-2-4-23(22)34(28,32)33/h1-12H,13-17H2,(H3,26,27)(H2,28,32,33). The Morgan fingerprint density at radius 1 is 0.882 bits per heavy atom. The molecule has 0 bridgehead atoms. The summed E-state index contributed by atoms with van der Waals surface area (Å²) in [5.41, 5.74) is 9.54. The van der Waals surface area contributed by atoms with Crippen LogP contribution in [0.3, 0.4) is 0 Å². The lowest BCUT2D eigenvalue weighted by atomic mass is 10.0. The molecule has 176 valence electrons. The molecule has 1 aliphatic rings. The Morgan fingerprint density at radius 3 is 2.12 bits per heavy atom. The molecule has 9 heteroatoms. The van der Waals surface area contributed by atoms with Crippen LogP contribution < -0.4 is 10.9 Å². The van der Waals surface area contributed by atoms with Crippen LogP contribution in [0.1, 0.15) is 16.7 Å². The van der Waals surface area contributed by atoms with Gasteiger partial charge in [0.25, 0.3) is 0 Å². The van der Waals surface area contributed by atoms with E-state index in [2.05, 4.69) is 4.90 Å². The lowest BCUT2D eigenvalue weighted by Gasteiger charge is -2.34. The van der Waals surface area contributed by atoms with E-state index in [-0.39, 0.29) is 16.6 Å². The van der Waals surface area contributed by atoms with E-state index in [9.17, 15) is 13.2 Å². The van der Waals surface area contributed by atoms with Gasteiger partial charge in [-0.1, -0.05) is 66.7 Å². The fourth-order valence-electron chi connectivity index (χ4n) is 4.07. The molecule has 0 spiro atoms. The first-order valence-electron chi connectivity index (χ1n) is 10.9. The van der Waals surface area contributed by atoms with Crippen LogP contribution in [0.4, 0.5) is 0 Å². The molecule has 1 heterocycles. The predicted molar refractivity (Wildman–Crippen MR) is 131 cm³/mol. The average molecular weight is 478 g/mol. The molecule has 1 fully saturated rings. The van der Waals surface area contributed by atoms with Gasteiger partial charge in [-0.3, -0.25) is 15.1 Å².